The summed E-state index contributed by atoms with van der Waals surface area (Å²) in [5.41, 5.74) is 6.31. The Morgan fingerprint density at radius 1 is 1.29 bits per heavy atom. The van der Waals surface area contributed by atoms with Crippen LogP contribution in [0.5, 0.6) is 5.88 Å². The Bertz CT molecular complexity index is 693. The number of aromatic hydroxyl groups is 1. The van der Waals surface area contributed by atoms with Crippen LogP contribution in [0.1, 0.15) is 4.88 Å². The van der Waals surface area contributed by atoms with Crippen molar-refractivity contribution in [3.05, 3.63) is 45.4 Å². The Kier molecular flexibility index (Phi) is 2.19. The molecule has 0 bridgehead atoms. The highest BCUT2D eigenvalue weighted by Gasteiger charge is 2.07. The van der Waals surface area contributed by atoms with E-state index in [-0.39, 0.29) is 5.88 Å². The molecule has 1 aliphatic rings. The number of nitrogens with zero attached hydrogens (tertiary/aromatic N) is 2. The lowest BCUT2D eigenvalue weighted by Gasteiger charge is -1.88. The van der Waals surface area contributed by atoms with Gasteiger partial charge in [-0.25, -0.2) is 4.99 Å². The van der Waals surface area contributed by atoms with Crippen LogP contribution in [0, 0.1) is 0 Å². The van der Waals surface area contributed by atoms with Crippen molar-refractivity contribution in [2.45, 2.75) is 0 Å². The summed E-state index contributed by atoms with van der Waals surface area (Å²) in [5, 5.41) is 11.9. The van der Waals surface area contributed by atoms with Crippen molar-refractivity contribution in [2.24, 2.45) is 4.99 Å². The number of nitrogens with two attached hydrogens (primary N) is 1. The zero-order valence-electron chi connectivity index (χ0n) is 8.79. The number of nitrogen functional groups attached to an aromatic ring is 1. The second-order valence-electron chi connectivity index (χ2n) is 3.62. The summed E-state index contributed by atoms with van der Waals surface area (Å²) >= 11 is 1.24. The quantitative estimate of drug-likeness (QED) is 0.781. The number of hydrogen-bond donors (Lipinski definition) is 2. The van der Waals surface area contributed by atoms with Crippen LogP contribution in [0.25, 0.3) is 12.2 Å². The van der Waals surface area contributed by atoms with Crippen LogP contribution < -0.4 is 16.3 Å². The largest absolute Gasteiger partial charge is 0.492 e. The minimum Gasteiger partial charge on any atom is -0.492 e. The number of thiazole rings is 1. The molecule has 0 amide bonds. The molecule has 3 N–H and O–H groups in total. The predicted molar refractivity (Wildman–Crippen MR) is 67.9 cm³/mol. The predicted octanol–water partition coefficient (Wildman–Crippen LogP) is 0.886. The van der Waals surface area contributed by atoms with Gasteiger partial charge in [-0.1, -0.05) is 29.5 Å². The molecule has 84 valence electrons. The molecule has 2 heterocycles. The molecule has 0 saturated carbocycles. The normalized spacial score (nSPS) is 15.4. The number of hydrogen-bond acceptors (Lipinski definition) is 5. The molecule has 0 aliphatic carbocycles. The van der Waals surface area contributed by atoms with Crippen LogP contribution in [0.2, 0.25) is 0 Å². The van der Waals surface area contributed by atoms with E-state index in [1.165, 1.54) is 11.3 Å². The van der Waals surface area contributed by atoms with Crippen LogP contribution >= 0.6 is 11.3 Å². The summed E-state index contributed by atoms with van der Waals surface area (Å²) in [6.07, 6.45) is 3.74. The topological polar surface area (TPSA) is 71.5 Å². The summed E-state index contributed by atoms with van der Waals surface area (Å²) in [7, 11) is 0. The first kappa shape index (κ1) is 10.0. The SMILES string of the molecule is Nc1nc(O)c(C=C2C=c3ccccc3=N2)s1. The highest BCUT2D eigenvalue weighted by atomic mass is 32.1. The van der Waals surface area contributed by atoms with Gasteiger partial charge in [0.25, 0.3) is 0 Å². The molecule has 5 heteroatoms. The van der Waals surface area contributed by atoms with E-state index in [1.807, 2.05) is 30.3 Å². The molecule has 4 nitrogen and oxygen atoms in total. The van der Waals surface area contributed by atoms with E-state index >= 15 is 0 Å². The number of anilines is 1. The summed E-state index contributed by atoms with van der Waals surface area (Å²) in [5.74, 6) is -0.0421. The zero-order chi connectivity index (χ0) is 11.8. The zero-order valence-corrected chi connectivity index (χ0v) is 9.61. The standard InChI is InChI=1S/C12H9N3OS/c13-12-15-11(16)10(17-12)6-8-5-7-3-1-2-4-9(7)14-8/h1-6,16H,(H2,13,15). The smallest absolute Gasteiger partial charge is 0.231 e. The third kappa shape index (κ3) is 1.81. The van der Waals surface area contributed by atoms with Gasteiger partial charge in [0, 0.05) is 5.22 Å². The molecule has 0 atom stereocenters. The molecule has 0 radical (unpaired) electrons. The number of allylic oxidation sites excluding steroid dienone is 1. The van der Waals surface area contributed by atoms with Crippen molar-refractivity contribution < 1.29 is 5.11 Å². The highest BCUT2D eigenvalue weighted by molar-refractivity contribution is 7.16. The summed E-state index contributed by atoms with van der Waals surface area (Å²) in [4.78, 5) is 8.81. The van der Waals surface area contributed by atoms with Gasteiger partial charge in [-0.05, 0) is 18.2 Å². The van der Waals surface area contributed by atoms with Crippen LogP contribution in [0.3, 0.4) is 0 Å². The first-order valence-electron chi connectivity index (χ1n) is 5.05. The minimum absolute atomic E-state index is 0.0421. The molecule has 0 saturated heterocycles. The monoisotopic (exact) mass is 243 g/mol. The van der Waals surface area contributed by atoms with Gasteiger partial charge in [0.15, 0.2) is 5.13 Å². The Labute approximate surface area is 101 Å². The summed E-state index contributed by atoms with van der Waals surface area (Å²) in [6.45, 7) is 0. The number of rotatable bonds is 1. The fourth-order valence-corrected chi connectivity index (χ4v) is 2.36. The molecule has 1 aromatic carbocycles. The summed E-state index contributed by atoms with van der Waals surface area (Å²) < 4.78 is 0. The van der Waals surface area contributed by atoms with Gasteiger partial charge < -0.3 is 10.8 Å². The van der Waals surface area contributed by atoms with Crippen molar-refractivity contribution in [3.63, 3.8) is 0 Å². The van der Waals surface area contributed by atoms with Crippen molar-refractivity contribution in [3.8, 4) is 5.88 Å². The average molecular weight is 243 g/mol. The third-order valence-electron chi connectivity index (χ3n) is 2.42. The molecule has 0 spiro atoms. The highest BCUT2D eigenvalue weighted by Crippen LogP contribution is 2.28. The fourth-order valence-electron chi connectivity index (χ4n) is 1.68. The van der Waals surface area contributed by atoms with Gasteiger partial charge in [0.05, 0.1) is 15.9 Å². The first-order valence-corrected chi connectivity index (χ1v) is 5.86. The second-order valence-corrected chi connectivity index (χ2v) is 4.69. The molecular weight excluding hydrogens is 234 g/mol. The lowest BCUT2D eigenvalue weighted by Crippen LogP contribution is -2.19. The Hall–Kier alpha value is -2.14. The van der Waals surface area contributed by atoms with E-state index in [1.54, 1.807) is 6.08 Å². The van der Waals surface area contributed by atoms with Crippen molar-refractivity contribution >= 4 is 28.6 Å². The molecule has 17 heavy (non-hydrogen) atoms. The van der Waals surface area contributed by atoms with Gasteiger partial charge in [0.1, 0.15) is 0 Å². The molecule has 1 aliphatic heterocycles. The van der Waals surface area contributed by atoms with Gasteiger partial charge in [-0.15, -0.1) is 0 Å². The lowest BCUT2D eigenvalue weighted by atomic mass is 10.3. The van der Waals surface area contributed by atoms with Gasteiger partial charge in [-0.3, -0.25) is 0 Å². The van der Waals surface area contributed by atoms with Crippen LogP contribution in [-0.2, 0) is 0 Å². The van der Waals surface area contributed by atoms with E-state index < -0.39 is 0 Å². The van der Waals surface area contributed by atoms with Crippen LogP contribution in [-0.4, -0.2) is 10.1 Å². The molecule has 0 fully saturated rings. The first-order chi connectivity index (χ1) is 8.22. The van der Waals surface area contributed by atoms with E-state index in [9.17, 15) is 5.11 Å². The van der Waals surface area contributed by atoms with E-state index in [4.69, 9.17) is 5.73 Å². The van der Waals surface area contributed by atoms with Crippen molar-refractivity contribution in [2.75, 3.05) is 5.73 Å². The second kappa shape index (κ2) is 3.71. The molecule has 1 aromatic heterocycles. The van der Waals surface area contributed by atoms with Crippen molar-refractivity contribution in [1.82, 2.24) is 4.98 Å². The maximum atomic E-state index is 9.53. The number of aromatic nitrogens is 1. The van der Waals surface area contributed by atoms with Gasteiger partial charge in [-0.2, -0.15) is 4.98 Å². The number of para-hydroxylation sites is 1. The van der Waals surface area contributed by atoms with Crippen molar-refractivity contribution in [1.29, 1.82) is 0 Å². The molecule has 3 rings (SSSR count). The van der Waals surface area contributed by atoms with E-state index in [0.717, 1.165) is 16.3 Å². The van der Waals surface area contributed by atoms with Crippen LogP contribution in [0.15, 0.2) is 35.0 Å². The number of fused-ring (bicyclic) bond motifs is 1. The Morgan fingerprint density at radius 3 is 2.82 bits per heavy atom. The maximum Gasteiger partial charge on any atom is 0.231 e. The van der Waals surface area contributed by atoms with E-state index in [0.29, 0.717) is 10.0 Å². The maximum absolute atomic E-state index is 9.53. The van der Waals surface area contributed by atoms with Gasteiger partial charge >= 0.3 is 0 Å². The summed E-state index contributed by atoms with van der Waals surface area (Å²) in [6, 6.07) is 7.87. The number of benzene rings is 1. The lowest BCUT2D eigenvalue weighted by molar-refractivity contribution is 0.457. The minimum atomic E-state index is -0.0421. The van der Waals surface area contributed by atoms with Gasteiger partial charge in [0.2, 0.25) is 5.88 Å². The molecular formula is C12H9N3OS. The molecule has 0 unspecified atom stereocenters. The molecule has 2 aromatic rings. The van der Waals surface area contributed by atoms with E-state index in [2.05, 4.69) is 9.98 Å². The fraction of sp³-hybridized carbons (Fsp3) is 0. The Balaban J connectivity index is 2.09. The Morgan fingerprint density at radius 2 is 2.12 bits per heavy atom. The average Bonchev–Trinajstić information content (AvgIpc) is 2.82. The third-order valence-corrected chi connectivity index (χ3v) is 3.24. The van der Waals surface area contributed by atoms with Crippen LogP contribution in [0.4, 0.5) is 5.13 Å².